The number of hydrogen-bond donors (Lipinski definition) is 1. The van der Waals surface area contributed by atoms with Crippen LogP contribution < -0.4 is 10.2 Å². The lowest BCUT2D eigenvalue weighted by molar-refractivity contribution is -0.158. The van der Waals surface area contributed by atoms with Gasteiger partial charge in [-0.2, -0.15) is 13.2 Å². The lowest BCUT2D eigenvalue weighted by Crippen LogP contribution is -2.52. The van der Waals surface area contributed by atoms with Gasteiger partial charge in [-0.3, -0.25) is 19.4 Å². The molecule has 27 heavy (non-hydrogen) atoms. The Balaban J connectivity index is 2.36. The fraction of sp³-hybridized carbons (Fsp3) is 0.579. The second-order valence-corrected chi connectivity index (χ2v) is 7.48. The van der Waals surface area contributed by atoms with Crippen LogP contribution in [0.3, 0.4) is 0 Å². The van der Waals surface area contributed by atoms with Gasteiger partial charge in [0.25, 0.3) is 0 Å². The van der Waals surface area contributed by atoms with Gasteiger partial charge in [-0.15, -0.1) is 0 Å². The molecule has 2 unspecified atom stereocenters. The lowest BCUT2D eigenvalue weighted by Gasteiger charge is -2.34. The molecule has 1 aliphatic rings. The van der Waals surface area contributed by atoms with Crippen LogP contribution >= 0.6 is 0 Å². The van der Waals surface area contributed by atoms with Crippen molar-refractivity contribution < 1.29 is 22.8 Å². The summed E-state index contributed by atoms with van der Waals surface area (Å²) in [6.07, 6.45) is -4.72. The van der Waals surface area contributed by atoms with Gasteiger partial charge >= 0.3 is 6.18 Å². The molecule has 0 aromatic heterocycles. The zero-order chi connectivity index (χ0) is 20.4. The molecule has 5 nitrogen and oxygen atoms in total. The first-order chi connectivity index (χ1) is 12.5. The van der Waals surface area contributed by atoms with Crippen LogP contribution in [0.15, 0.2) is 24.3 Å². The number of carbonyl (C=O) groups is 2. The second-order valence-electron chi connectivity index (χ2n) is 7.48. The second kappa shape index (κ2) is 8.29. The fourth-order valence-electron chi connectivity index (χ4n) is 3.30. The maximum atomic E-state index is 13.7. The number of likely N-dealkylation sites (N-methyl/N-ethyl adjacent to an activating group) is 1. The first-order valence-electron chi connectivity index (χ1n) is 8.98. The maximum absolute atomic E-state index is 13.7. The Morgan fingerprint density at radius 3 is 2.52 bits per heavy atom. The molecule has 0 bridgehead atoms. The Kier molecular flexibility index (Phi) is 6.51. The quantitative estimate of drug-likeness (QED) is 0.842. The highest BCUT2D eigenvalue weighted by Gasteiger charge is 2.49. The molecule has 0 radical (unpaired) electrons. The van der Waals surface area contributed by atoms with E-state index in [9.17, 15) is 22.8 Å². The number of hydrogen-bond acceptors (Lipinski definition) is 3. The van der Waals surface area contributed by atoms with E-state index in [0.29, 0.717) is 5.92 Å². The largest absolute Gasteiger partial charge is 0.409 e. The minimum atomic E-state index is -4.72. The lowest BCUT2D eigenvalue weighted by atomic mass is 10.0. The number of rotatable bonds is 5. The number of benzene rings is 1. The topological polar surface area (TPSA) is 52.7 Å². The Hall–Kier alpha value is -2.09. The molecule has 0 spiro atoms. The number of nitrogens with one attached hydrogen (secondary N) is 1. The van der Waals surface area contributed by atoms with Crippen molar-refractivity contribution in [1.29, 1.82) is 0 Å². The van der Waals surface area contributed by atoms with E-state index in [2.05, 4.69) is 5.32 Å². The van der Waals surface area contributed by atoms with Gasteiger partial charge in [0.15, 0.2) is 0 Å². The van der Waals surface area contributed by atoms with Crippen molar-refractivity contribution in [2.45, 2.75) is 51.9 Å². The maximum Gasteiger partial charge on any atom is 0.409 e. The van der Waals surface area contributed by atoms with Crippen LogP contribution in [-0.2, 0) is 9.59 Å². The highest BCUT2D eigenvalue weighted by molar-refractivity contribution is 6.05. The van der Waals surface area contributed by atoms with Gasteiger partial charge in [0.2, 0.25) is 11.8 Å². The third-order valence-corrected chi connectivity index (χ3v) is 4.72. The van der Waals surface area contributed by atoms with Crippen molar-refractivity contribution in [3.05, 3.63) is 24.3 Å². The predicted molar refractivity (Wildman–Crippen MR) is 98.6 cm³/mol. The molecule has 0 fully saturated rings. The Morgan fingerprint density at radius 1 is 1.30 bits per heavy atom. The molecule has 0 aliphatic carbocycles. The molecule has 2 rings (SSSR count). The molecule has 1 aromatic carbocycles. The number of anilines is 2. The van der Waals surface area contributed by atoms with E-state index in [-0.39, 0.29) is 24.0 Å². The molecule has 2 amide bonds. The van der Waals surface area contributed by atoms with Crippen molar-refractivity contribution in [3.63, 3.8) is 0 Å². The van der Waals surface area contributed by atoms with E-state index in [4.69, 9.17) is 0 Å². The van der Waals surface area contributed by atoms with Gasteiger partial charge < -0.3 is 5.32 Å². The summed E-state index contributed by atoms with van der Waals surface area (Å²) in [7, 11) is 1.72. The monoisotopic (exact) mass is 385 g/mol. The first-order valence-corrected chi connectivity index (χ1v) is 8.98. The highest BCUT2D eigenvalue weighted by Crippen LogP contribution is 2.37. The van der Waals surface area contributed by atoms with Crippen molar-refractivity contribution in [3.8, 4) is 0 Å². The van der Waals surface area contributed by atoms with E-state index in [1.165, 1.54) is 12.1 Å². The fourth-order valence-corrected chi connectivity index (χ4v) is 3.30. The number of para-hydroxylation sites is 2. The van der Waals surface area contributed by atoms with Crippen molar-refractivity contribution in [1.82, 2.24) is 4.90 Å². The van der Waals surface area contributed by atoms with Gasteiger partial charge in [0, 0.05) is 6.04 Å². The Bertz CT molecular complexity index is 691. The zero-order valence-electron chi connectivity index (χ0n) is 16.0. The average Bonchev–Trinajstić information content (AvgIpc) is 2.69. The average molecular weight is 385 g/mol. The molecule has 0 saturated carbocycles. The van der Waals surface area contributed by atoms with Gasteiger partial charge in [-0.25, -0.2) is 0 Å². The van der Waals surface area contributed by atoms with Crippen molar-refractivity contribution in [2.75, 3.05) is 23.8 Å². The number of nitrogens with zero attached hydrogens (tertiary/aromatic N) is 2. The molecule has 0 saturated heterocycles. The molecule has 150 valence electrons. The van der Waals surface area contributed by atoms with E-state index in [0.717, 1.165) is 11.3 Å². The van der Waals surface area contributed by atoms with Gasteiger partial charge in [0.05, 0.1) is 24.3 Å². The summed E-state index contributed by atoms with van der Waals surface area (Å²) in [5.74, 6) is -1.04. The number of carbonyl (C=O) groups excluding carboxylic acids is 2. The summed E-state index contributed by atoms with van der Waals surface area (Å²) in [6.45, 7) is 5.88. The summed E-state index contributed by atoms with van der Waals surface area (Å²) in [4.78, 5) is 27.4. The summed E-state index contributed by atoms with van der Waals surface area (Å²) in [5.41, 5.74) is 0.279. The molecule has 8 heteroatoms. The van der Waals surface area contributed by atoms with Crippen LogP contribution in [0.4, 0.5) is 24.5 Å². The molecule has 1 aliphatic heterocycles. The third kappa shape index (κ3) is 5.22. The van der Waals surface area contributed by atoms with Crippen LogP contribution in [0, 0.1) is 5.92 Å². The molecule has 1 N–H and O–H groups in total. The van der Waals surface area contributed by atoms with Gasteiger partial charge in [-0.1, -0.05) is 26.0 Å². The van der Waals surface area contributed by atoms with Crippen LogP contribution in [0.25, 0.3) is 0 Å². The van der Waals surface area contributed by atoms with Crippen LogP contribution in [0.1, 0.15) is 33.6 Å². The summed E-state index contributed by atoms with van der Waals surface area (Å²) >= 11 is 0. The third-order valence-electron chi connectivity index (χ3n) is 4.72. The first kappa shape index (κ1) is 21.2. The van der Waals surface area contributed by atoms with Gasteiger partial charge in [0.1, 0.15) is 6.04 Å². The summed E-state index contributed by atoms with van der Waals surface area (Å²) < 4.78 is 41.0. The number of fused-ring (bicyclic) bond motifs is 1. The van der Waals surface area contributed by atoms with E-state index in [1.54, 1.807) is 24.1 Å². The highest BCUT2D eigenvalue weighted by atomic mass is 19.4. The van der Waals surface area contributed by atoms with Crippen molar-refractivity contribution >= 4 is 23.2 Å². The SMILES string of the molecule is CC(C)CC(C)N(C)CC(=O)N1c2ccccc2NC(=O)CC1C(F)(F)F. The molecular weight excluding hydrogens is 359 g/mol. The minimum Gasteiger partial charge on any atom is -0.324 e. The van der Waals surface area contributed by atoms with Crippen molar-refractivity contribution in [2.24, 2.45) is 5.92 Å². The number of halogens is 3. The van der Waals surface area contributed by atoms with Crippen LogP contribution in [-0.4, -0.2) is 48.6 Å². The van der Waals surface area contributed by atoms with Crippen LogP contribution in [0.5, 0.6) is 0 Å². The summed E-state index contributed by atoms with van der Waals surface area (Å²) in [5, 5.41) is 2.47. The molecule has 1 heterocycles. The molecular formula is C19H26F3N3O2. The summed E-state index contributed by atoms with van der Waals surface area (Å²) in [6, 6.07) is 3.93. The number of alkyl halides is 3. The van der Waals surface area contributed by atoms with E-state index >= 15 is 0 Å². The normalized spacial score (nSPS) is 18.9. The van der Waals surface area contributed by atoms with E-state index in [1.807, 2.05) is 20.8 Å². The molecule has 1 aromatic rings. The number of amides is 2. The Morgan fingerprint density at radius 2 is 1.93 bits per heavy atom. The predicted octanol–water partition coefficient (Wildman–Crippen LogP) is 3.66. The van der Waals surface area contributed by atoms with Crippen LogP contribution in [0.2, 0.25) is 0 Å². The minimum absolute atomic E-state index is 0.0419. The smallest absolute Gasteiger partial charge is 0.324 e. The zero-order valence-corrected chi connectivity index (χ0v) is 16.0. The standard InChI is InChI=1S/C19H26F3N3O2/c1-12(2)9-13(3)24(4)11-18(27)25-15-8-6-5-7-14(15)23-17(26)10-16(25)19(20,21)22/h5-8,12-13,16H,9-11H2,1-4H3,(H,23,26). The van der Waals surface area contributed by atoms with E-state index < -0.39 is 30.5 Å². The Labute approximate surface area is 157 Å². The van der Waals surface area contributed by atoms with Gasteiger partial charge in [-0.05, 0) is 38.4 Å². The molecule has 2 atom stereocenters.